The number of nitrogens with zero attached hydrogens (tertiary/aromatic N) is 2. The van der Waals surface area contributed by atoms with Gasteiger partial charge in [-0.25, -0.2) is 9.18 Å². The molecular weight excluding hydrogens is 548 g/mol. The summed E-state index contributed by atoms with van der Waals surface area (Å²) in [5, 5.41) is 2.11. The van der Waals surface area contributed by atoms with Gasteiger partial charge in [0.2, 0.25) is 17.4 Å². The smallest absolute Gasteiger partial charge is 0.415 e. The van der Waals surface area contributed by atoms with Crippen LogP contribution in [0.3, 0.4) is 0 Å². The number of primary amides is 1. The average molecular weight is 577 g/mol. The van der Waals surface area contributed by atoms with Gasteiger partial charge in [-0.3, -0.25) is 19.7 Å². The minimum Gasteiger partial charge on any atom is -0.427 e. The number of imide groups is 1. The van der Waals surface area contributed by atoms with Gasteiger partial charge in [0, 0.05) is 37.2 Å². The first kappa shape index (κ1) is 28.4. The van der Waals surface area contributed by atoms with E-state index in [1.807, 2.05) is 0 Å². The van der Waals surface area contributed by atoms with E-state index in [9.17, 15) is 36.7 Å². The first-order valence-corrected chi connectivity index (χ1v) is 13.2. The minimum atomic E-state index is -4.74. The average Bonchev–Trinajstić information content (AvgIpc) is 3.59. The van der Waals surface area contributed by atoms with Gasteiger partial charge < -0.3 is 20.3 Å². The van der Waals surface area contributed by atoms with Gasteiger partial charge in [0.25, 0.3) is 5.91 Å². The molecule has 41 heavy (non-hydrogen) atoms. The molecule has 3 aliphatic rings. The zero-order chi connectivity index (χ0) is 29.7. The zero-order valence-electron chi connectivity index (χ0n) is 22.0. The number of carbonyl (C=O) groups is 4. The fourth-order valence-corrected chi connectivity index (χ4v) is 6.02. The molecule has 13 heteroatoms. The van der Waals surface area contributed by atoms with Gasteiger partial charge in [-0.1, -0.05) is 18.2 Å². The number of anilines is 1. The van der Waals surface area contributed by atoms with Crippen LogP contribution in [0.15, 0.2) is 42.5 Å². The number of hydrogen-bond acceptors (Lipinski definition) is 6. The number of nitrogens with two attached hydrogens (primary N) is 1. The molecule has 0 radical (unpaired) electrons. The highest BCUT2D eigenvalue weighted by molar-refractivity contribution is 6.04. The van der Waals surface area contributed by atoms with Crippen LogP contribution in [0.2, 0.25) is 0 Å². The van der Waals surface area contributed by atoms with E-state index < -0.39 is 72.4 Å². The number of hydrogen-bond donors (Lipinski definition) is 2. The molecule has 218 valence electrons. The second-order valence-corrected chi connectivity index (χ2v) is 10.7. The normalized spacial score (nSPS) is 24.3. The number of carbonyl (C=O) groups excluding carboxylic acids is 4. The lowest BCUT2D eigenvalue weighted by Crippen LogP contribution is -2.46. The van der Waals surface area contributed by atoms with Gasteiger partial charge in [-0.2, -0.15) is 13.2 Å². The Morgan fingerprint density at radius 1 is 1.20 bits per heavy atom. The molecule has 1 spiro atoms. The fraction of sp³-hybridized carbons (Fsp3) is 0.429. The van der Waals surface area contributed by atoms with E-state index in [0.717, 1.165) is 19.1 Å². The Morgan fingerprint density at radius 3 is 2.51 bits per heavy atom. The van der Waals surface area contributed by atoms with Gasteiger partial charge in [0.1, 0.15) is 17.9 Å². The second-order valence-electron chi connectivity index (χ2n) is 10.7. The monoisotopic (exact) mass is 576 g/mol. The Bertz CT molecular complexity index is 1400. The number of halogens is 4. The fourth-order valence-electron chi connectivity index (χ4n) is 6.02. The molecule has 4 amide bonds. The van der Waals surface area contributed by atoms with Crippen molar-refractivity contribution in [3.63, 3.8) is 0 Å². The van der Waals surface area contributed by atoms with Crippen molar-refractivity contribution in [2.75, 3.05) is 11.4 Å². The predicted octanol–water partition coefficient (Wildman–Crippen LogP) is 3.60. The molecule has 1 unspecified atom stereocenters. The van der Waals surface area contributed by atoms with Crippen LogP contribution < -0.4 is 16.0 Å². The largest absolute Gasteiger partial charge is 0.427 e. The van der Waals surface area contributed by atoms with Gasteiger partial charge in [0.05, 0.1) is 0 Å². The van der Waals surface area contributed by atoms with Crippen molar-refractivity contribution in [3.8, 4) is 0 Å². The highest BCUT2D eigenvalue weighted by Gasteiger charge is 2.57. The Kier molecular flexibility index (Phi) is 7.16. The molecule has 0 bridgehead atoms. The molecule has 0 aromatic heterocycles. The highest BCUT2D eigenvalue weighted by Crippen LogP contribution is 2.51. The third kappa shape index (κ3) is 5.20. The summed E-state index contributed by atoms with van der Waals surface area (Å²) in [6.07, 6.45) is -5.02. The number of rotatable bonds is 7. The maximum Gasteiger partial charge on any atom is 0.415 e. The number of alkyl carbamates (subject to hydrolysis) is 1. The molecule has 2 saturated heterocycles. The maximum absolute atomic E-state index is 13.8. The van der Waals surface area contributed by atoms with E-state index in [1.165, 1.54) is 12.1 Å². The van der Waals surface area contributed by atoms with Gasteiger partial charge in [-0.15, -0.1) is 0 Å². The van der Waals surface area contributed by atoms with E-state index >= 15 is 0 Å². The van der Waals surface area contributed by atoms with Crippen molar-refractivity contribution >= 4 is 29.5 Å². The molecule has 2 aromatic rings. The zero-order valence-corrected chi connectivity index (χ0v) is 22.0. The number of amides is 4. The topological polar surface area (TPSA) is 122 Å². The summed E-state index contributed by atoms with van der Waals surface area (Å²) in [6, 6.07) is 7.01. The van der Waals surface area contributed by atoms with Gasteiger partial charge >= 0.3 is 12.3 Å². The van der Waals surface area contributed by atoms with Crippen LogP contribution in [0.4, 0.5) is 28.0 Å². The molecular formula is C28H28F4N4O5. The molecule has 2 aliphatic heterocycles. The van der Waals surface area contributed by atoms with E-state index in [-0.39, 0.29) is 6.42 Å². The van der Waals surface area contributed by atoms with Crippen molar-refractivity contribution in [2.24, 2.45) is 5.73 Å². The van der Waals surface area contributed by atoms with E-state index in [0.29, 0.717) is 46.7 Å². The molecule has 4 atom stereocenters. The first-order valence-electron chi connectivity index (χ1n) is 13.2. The van der Waals surface area contributed by atoms with Crippen molar-refractivity contribution in [3.05, 3.63) is 65.0 Å². The van der Waals surface area contributed by atoms with Crippen LogP contribution in [-0.2, 0) is 31.3 Å². The number of nitrogens with one attached hydrogen (secondary N) is 1. The number of benzene rings is 2. The lowest BCUT2D eigenvalue weighted by molar-refractivity contribution is -0.187. The summed E-state index contributed by atoms with van der Waals surface area (Å²) in [5.41, 5.74) is 5.52. The Balaban J connectivity index is 1.50. The lowest BCUT2D eigenvalue weighted by atomic mass is 9.94. The molecule has 0 saturated carbocycles. The van der Waals surface area contributed by atoms with Crippen LogP contribution >= 0.6 is 0 Å². The van der Waals surface area contributed by atoms with E-state index in [4.69, 9.17) is 10.5 Å². The SMILES string of the molecule is C[C@H](N(Cc1ccc(F)cc1)C(=O)CC1C[C@@]2(OC(=O)NC2=O)c2ccc(N3CCC[C@H]3C(N)=O)cc21)C(F)(F)F. The predicted molar refractivity (Wildman–Crippen MR) is 137 cm³/mol. The molecule has 2 fully saturated rings. The van der Waals surface area contributed by atoms with Crippen LogP contribution in [0.5, 0.6) is 0 Å². The Morgan fingerprint density at radius 2 is 1.90 bits per heavy atom. The number of fused-ring (bicyclic) bond motifs is 2. The number of ether oxygens (including phenoxy) is 1. The standard InChI is InChI=1S/C28H28F4N4O5/c1-15(28(30,31)32)36(14-16-4-6-18(29)7-5-16)23(37)11-17-13-27(25(39)34-26(40)41-27)21-9-8-19(12-20(17)21)35-10-2-3-22(35)24(33)38/h4-9,12,15,17,22H,2-3,10-11,13-14H2,1H3,(H2,33,38)(H,34,39,40)/t15-,17?,22-,27+/m0/s1. The van der Waals surface area contributed by atoms with Crippen LogP contribution in [0, 0.1) is 5.82 Å². The van der Waals surface area contributed by atoms with E-state index in [2.05, 4.69) is 5.32 Å². The second kappa shape index (κ2) is 10.3. The molecule has 2 aromatic carbocycles. The van der Waals surface area contributed by atoms with E-state index in [1.54, 1.807) is 23.1 Å². The molecule has 3 N–H and O–H groups in total. The third-order valence-electron chi connectivity index (χ3n) is 8.15. The first-order chi connectivity index (χ1) is 19.3. The van der Waals surface area contributed by atoms with Crippen LogP contribution in [0.1, 0.15) is 55.2 Å². The quantitative estimate of drug-likeness (QED) is 0.486. The molecule has 9 nitrogen and oxygen atoms in total. The summed E-state index contributed by atoms with van der Waals surface area (Å²) < 4.78 is 60.3. The maximum atomic E-state index is 13.8. The summed E-state index contributed by atoms with van der Waals surface area (Å²) in [7, 11) is 0. The van der Waals surface area contributed by atoms with Gasteiger partial charge in [0.15, 0.2) is 0 Å². The third-order valence-corrected chi connectivity index (χ3v) is 8.15. The molecule has 2 heterocycles. The van der Waals surface area contributed by atoms with Gasteiger partial charge in [-0.05, 0) is 61.1 Å². The minimum absolute atomic E-state index is 0.154. The summed E-state index contributed by atoms with van der Waals surface area (Å²) in [5.74, 6) is -3.44. The van der Waals surface area contributed by atoms with Crippen molar-refractivity contribution < 1.29 is 41.5 Å². The number of alkyl halides is 3. The van der Waals surface area contributed by atoms with Crippen LogP contribution in [0.25, 0.3) is 0 Å². The van der Waals surface area contributed by atoms with Crippen LogP contribution in [-0.4, -0.2) is 53.5 Å². The Hall–Kier alpha value is -4.16. The summed E-state index contributed by atoms with van der Waals surface area (Å²) in [6.45, 7) is 0.979. The van der Waals surface area contributed by atoms with Crippen molar-refractivity contribution in [2.45, 2.75) is 68.9 Å². The molecule has 1 aliphatic carbocycles. The highest BCUT2D eigenvalue weighted by atomic mass is 19.4. The summed E-state index contributed by atoms with van der Waals surface area (Å²) >= 11 is 0. The van der Waals surface area contributed by atoms with Crippen molar-refractivity contribution in [1.29, 1.82) is 0 Å². The summed E-state index contributed by atoms with van der Waals surface area (Å²) in [4.78, 5) is 53.0. The lowest BCUT2D eigenvalue weighted by Gasteiger charge is -2.32. The Labute approximate surface area is 232 Å². The molecule has 5 rings (SSSR count). The van der Waals surface area contributed by atoms with Crippen molar-refractivity contribution in [1.82, 2.24) is 10.2 Å².